The van der Waals surface area contributed by atoms with Crippen molar-refractivity contribution in [1.82, 2.24) is 10.7 Å². The number of halogens is 2. The molecule has 0 bridgehead atoms. The maximum Gasteiger partial charge on any atom is 0.259 e. The molecule has 0 aliphatic carbocycles. The lowest BCUT2D eigenvalue weighted by atomic mass is 10.2. The SMILES string of the molecule is O=C(CNC(=O)c1ccc(F)cc1)N/N=C/c1ccccc1OCc1ccc(Br)cc1. The van der Waals surface area contributed by atoms with Crippen molar-refractivity contribution in [2.75, 3.05) is 6.54 Å². The molecule has 0 aliphatic rings. The van der Waals surface area contributed by atoms with Crippen LogP contribution in [0.5, 0.6) is 5.75 Å². The molecule has 0 fully saturated rings. The maximum atomic E-state index is 12.9. The summed E-state index contributed by atoms with van der Waals surface area (Å²) in [5, 5.41) is 6.36. The number of ether oxygens (including phenoxy) is 1. The zero-order chi connectivity index (χ0) is 22.1. The van der Waals surface area contributed by atoms with E-state index >= 15 is 0 Å². The summed E-state index contributed by atoms with van der Waals surface area (Å²) in [4.78, 5) is 23.8. The lowest BCUT2D eigenvalue weighted by molar-refractivity contribution is -0.120. The van der Waals surface area contributed by atoms with Crippen molar-refractivity contribution < 1.29 is 18.7 Å². The first-order valence-corrected chi connectivity index (χ1v) is 10.1. The highest BCUT2D eigenvalue weighted by Gasteiger charge is 2.08. The van der Waals surface area contributed by atoms with Gasteiger partial charge in [0.25, 0.3) is 11.8 Å². The van der Waals surface area contributed by atoms with E-state index in [0.29, 0.717) is 17.9 Å². The van der Waals surface area contributed by atoms with E-state index in [9.17, 15) is 14.0 Å². The minimum Gasteiger partial charge on any atom is -0.488 e. The zero-order valence-electron chi connectivity index (χ0n) is 16.3. The van der Waals surface area contributed by atoms with E-state index in [4.69, 9.17) is 4.74 Å². The average Bonchev–Trinajstić information content (AvgIpc) is 2.78. The van der Waals surface area contributed by atoms with Gasteiger partial charge in [-0.05, 0) is 54.1 Å². The quantitative estimate of drug-likeness (QED) is 0.374. The number of para-hydroxylation sites is 1. The predicted molar refractivity (Wildman–Crippen MR) is 119 cm³/mol. The molecule has 0 aromatic heterocycles. The fourth-order valence-electron chi connectivity index (χ4n) is 2.54. The molecule has 0 saturated heterocycles. The van der Waals surface area contributed by atoms with Crippen molar-refractivity contribution in [1.29, 1.82) is 0 Å². The molecule has 0 spiro atoms. The standard InChI is InChI=1S/C23H19BrFN3O3/c24-19-9-5-16(6-10-19)15-31-21-4-2-1-3-18(21)13-27-28-22(29)14-26-23(30)17-7-11-20(25)12-8-17/h1-13H,14-15H2,(H,26,30)(H,28,29)/b27-13+. The lowest BCUT2D eigenvalue weighted by Crippen LogP contribution is -2.34. The Morgan fingerprint density at radius 2 is 1.71 bits per heavy atom. The molecule has 0 aliphatic heterocycles. The van der Waals surface area contributed by atoms with Crippen molar-refractivity contribution in [3.63, 3.8) is 0 Å². The Morgan fingerprint density at radius 1 is 1.00 bits per heavy atom. The van der Waals surface area contributed by atoms with E-state index < -0.39 is 17.6 Å². The first-order valence-electron chi connectivity index (χ1n) is 9.33. The second-order valence-corrected chi connectivity index (χ2v) is 7.35. The number of benzene rings is 3. The third-order valence-electron chi connectivity index (χ3n) is 4.14. The number of hydrazone groups is 1. The number of nitrogens with zero attached hydrogens (tertiary/aromatic N) is 1. The Kier molecular flexibility index (Phi) is 7.89. The fourth-order valence-corrected chi connectivity index (χ4v) is 2.80. The van der Waals surface area contributed by atoms with Crippen molar-refractivity contribution >= 4 is 34.0 Å². The molecule has 0 atom stereocenters. The van der Waals surface area contributed by atoms with Crippen LogP contribution in [0, 0.1) is 5.82 Å². The van der Waals surface area contributed by atoms with E-state index in [2.05, 4.69) is 31.8 Å². The van der Waals surface area contributed by atoms with Crippen molar-refractivity contribution in [3.8, 4) is 5.75 Å². The summed E-state index contributed by atoms with van der Waals surface area (Å²) < 4.78 is 19.7. The summed E-state index contributed by atoms with van der Waals surface area (Å²) >= 11 is 3.40. The van der Waals surface area contributed by atoms with Crippen LogP contribution in [0.2, 0.25) is 0 Å². The van der Waals surface area contributed by atoms with Crippen LogP contribution in [0.4, 0.5) is 4.39 Å². The molecule has 158 valence electrons. The van der Waals surface area contributed by atoms with Gasteiger partial charge in [-0.25, -0.2) is 9.82 Å². The average molecular weight is 484 g/mol. The van der Waals surface area contributed by atoms with Crippen LogP contribution in [0.1, 0.15) is 21.5 Å². The Bertz CT molecular complexity index is 1070. The van der Waals surface area contributed by atoms with Gasteiger partial charge in [-0.15, -0.1) is 0 Å². The normalized spacial score (nSPS) is 10.6. The van der Waals surface area contributed by atoms with Gasteiger partial charge in [0.05, 0.1) is 12.8 Å². The van der Waals surface area contributed by atoms with E-state index in [0.717, 1.165) is 10.0 Å². The highest BCUT2D eigenvalue weighted by molar-refractivity contribution is 9.10. The van der Waals surface area contributed by atoms with Gasteiger partial charge in [0.15, 0.2) is 0 Å². The van der Waals surface area contributed by atoms with Gasteiger partial charge in [0, 0.05) is 15.6 Å². The molecule has 0 saturated carbocycles. The van der Waals surface area contributed by atoms with Crippen LogP contribution in [0.25, 0.3) is 0 Å². The smallest absolute Gasteiger partial charge is 0.259 e. The van der Waals surface area contributed by atoms with E-state index in [1.54, 1.807) is 0 Å². The van der Waals surface area contributed by atoms with Gasteiger partial charge >= 0.3 is 0 Å². The molecule has 8 heteroatoms. The predicted octanol–water partition coefficient (Wildman–Crippen LogP) is 4.05. The molecule has 31 heavy (non-hydrogen) atoms. The van der Waals surface area contributed by atoms with Crippen molar-refractivity contribution in [2.24, 2.45) is 5.10 Å². The molecule has 0 heterocycles. The third kappa shape index (κ3) is 7.04. The topological polar surface area (TPSA) is 79.8 Å². The summed E-state index contributed by atoms with van der Waals surface area (Å²) in [5.41, 5.74) is 4.31. The molecule has 0 radical (unpaired) electrons. The molecule has 0 unspecified atom stereocenters. The van der Waals surface area contributed by atoms with Gasteiger partial charge in [-0.1, -0.05) is 40.2 Å². The monoisotopic (exact) mass is 483 g/mol. The third-order valence-corrected chi connectivity index (χ3v) is 4.66. The molecule has 2 amide bonds. The van der Waals surface area contributed by atoms with Crippen LogP contribution in [0.15, 0.2) is 82.4 Å². The highest BCUT2D eigenvalue weighted by atomic mass is 79.9. The summed E-state index contributed by atoms with van der Waals surface area (Å²) in [6.07, 6.45) is 1.47. The Hall–Kier alpha value is -3.52. The molecule has 6 nitrogen and oxygen atoms in total. The Morgan fingerprint density at radius 3 is 2.45 bits per heavy atom. The molecule has 3 aromatic rings. The van der Waals surface area contributed by atoms with Gasteiger partial charge in [-0.3, -0.25) is 9.59 Å². The molecule has 2 N–H and O–H groups in total. The van der Waals surface area contributed by atoms with Gasteiger partial charge in [-0.2, -0.15) is 5.10 Å². The zero-order valence-corrected chi connectivity index (χ0v) is 17.9. The van der Waals surface area contributed by atoms with Crippen LogP contribution in [0.3, 0.4) is 0 Å². The van der Waals surface area contributed by atoms with Crippen LogP contribution < -0.4 is 15.5 Å². The highest BCUT2D eigenvalue weighted by Crippen LogP contribution is 2.18. The minimum absolute atomic E-state index is 0.259. The second-order valence-electron chi connectivity index (χ2n) is 6.44. The number of hydrogen-bond donors (Lipinski definition) is 2. The fraction of sp³-hybridized carbons (Fsp3) is 0.0870. The number of nitrogens with one attached hydrogen (secondary N) is 2. The van der Waals surface area contributed by atoms with Crippen LogP contribution in [-0.4, -0.2) is 24.6 Å². The van der Waals surface area contributed by atoms with Gasteiger partial charge in [0.1, 0.15) is 18.2 Å². The number of carbonyl (C=O) groups is 2. The van der Waals surface area contributed by atoms with Crippen LogP contribution >= 0.6 is 15.9 Å². The van der Waals surface area contributed by atoms with Gasteiger partial charge in [0.2, 0.25) is 0 Å². The number of rotatable bonds is 8. The summed E-state index contributed by atoms with van der Waals surface area (Å²) in [6, 6.07) is 20.1. The summed E-state index contributed by atoms with van der Waals surface area (Å²) in [5.74, 6) is -0.802. The number of hydrogen-bond acceptors (Lipinski definition) is 4. The first kappa shape index (κ1) is 22.2. The molecular formula is C23H19BrFN3O3. The minimum atomic E-state index is -0.500. The van der Waals surface area contributed by atoms with E-state index in [1.165, 1.54) is 30.5 Å². The Labute approximate surface area is 187 Å². The first-order chi connectivity index (χ1) is 15.0. The molecular weight excluding hydrogens is 465 g/mol. The van der Waals surface area contributed by atoms with Gasteiger partial charge < -0.3 is 10.1 Å². The van der Waals surface area contributed by atoms with E-state index in [1.807, 2.05) is 48.5 Å². The van der Waals surface area contributed by atoms with E-state index in [-0.39, 0.29) is 12.1 Å². The largest absolute Gasteiger partial charge is 0.488 e. The maximum absolute atomic E-state index is 12.9. The van der Waals surface area contributed by atoms with Crippen molar-refractivity contribution in [2.45, 2.75) is 6.61 Å². The molecule has 3 rings (SSSR count). The number of carbonyl (C=O) groups excluding carboxylic acids is 2. The van der Waals surface area contributed by atoms with Crippen LogP contribution in [-0.2, 0) is 11.4 Å². The van der Waals surface area contributed by atoms with Crippen molar-refractivity contribution in [3.05, 3.63) is 99.8 Å². The second kappa shape index (κ2) is 11.0. The molecule has 3 aromatic carbocycles. The Balaban J connectivity index is 1.49. The lowest BCUT2D eigenvalue weighted by Gasteiger charge is -2.09. The number of amides is 2. The summed E-state index contributed by atoms with van der Waals surface area (Å²) in [6.45, 7) is 0.120. The summed E-state index contributed by atoms with van der Waals surface area (Å²) in [7, 11) is 0.